The number of aliphatic carboxylic acids is 1. The SMILES string of the molecule is CC(CNC(=O)NC1(C(=O)O)CCOC1)N(C)C. The summed E-state index contributed by atoms with van der Waals surface area (Å²) in [5.74, 6) is -1.06. The minimum Gasteiger partial charge on any atom is -0.479 e. The maximum Gasteiger partial charge on any atom is 0.332 e. The van der Waals surface area contributed by atoms with Gasteiger partial charge in [-0.3, -0.25) is 0 Å². The normalized spacial score (nSPS) is 24.9. The van der Waals surface area contributed by atoms with Crippen LogP contribution >= 0.6 is 0 Å². The van der Waals surface area contributed by atoms with Crippen LogP contribution < -0.4 is 10.6 Å². The maximum absolute atomic E-state index is 11.7. The summed E-state index contributed by atoms with van der Waals surface area (Å²) in [5, 5.41) is 14.3. The first-order chi connectivity index (χ1) is 8.37. The zero-order valence-corrected chi connectivity index (χ0v) is 11.0. The highest BCUT2D eigenvalue weighted by Crippen LogP contribution is 2.18. The van der Waals surface area contributed by atoms with Crippen molar-refractivity contribution in [1.29, 1.82) is 0 Å². The first-order valence-corrected chi connectivity index (χ1v) is 5.91. The first kappa shape index (κ1) is 14.7. The van der Waals surface area contributed by atoms with E-state index in [4.69, 9.17) is 9.84 Å². The molecule has 2 atom stereocenters. The van der Waals surface area contributed by atoms with Crippen LogP contribution in [0.5, 0.6) is 0 Å². The Kier molecular flexibility index (Phi) is 4.92. The molecule has 0 aromatic carbocycles. The van der Waals surface area contributed by atoms with Crippen molar-refractivity contribution < 1.29 is 19.4 Å². The van der Waals surface area contributed by atoms with Gasteiger partial charge in [0.25, 0.3) is 0 Å². The van der Waals surface area contributed by atoms with Crippen molar-refractivity contribution in [3.63, 3.8) is 0 Å². The van der Waals surface area contributed by atoms with Gasteiger partial charge in [-0.2, -0.15) is 0 Å². The fourth-order valence-electron chi connectivity index (χ4n) is 1.57. The van der Waals surface area contributed by atoms with Crippen LogP contribution in [-0.2, 0) is 9.53 Å². The van der Waals surface area contributed by atoms with E-state index in [1.807, 2.05) is 25.9 Å². The van der Waals surface area contributed by atoms with E-state index in [2.05, 4.69) is 10.6 Å². The molecule has 0 aromatic rings. The molecule has 1 fully saturated rings. The highest BCUT2D eigenvalue weighted by Gasteiger charge is 2.43. The topological polar surface area (TPSA) is 90.9 Å². The number of hydrogen-bond acceptors (Lipinski definition) is 4. The van der Waals surface area contributed by atoms with Gasteiger partial charge >= 0.3 is 12.0 Å². The van der Waals surface area contributed by atoms with E-state index < -0.39 is 17.5 Å². The second kappa shape index (κ2) is 6.01. The number of nitrogens with one attached hydrogen (secondary N) is 2. The van der Waals surface area contributed by atoms with E-state index in [0.717, 1.165) is 0 Å². The quantitative estimate of drug-likeness (QED) is 0.618. The molecule has 1 rings (SSSR count). The van der Waals surface area contributed by atoms with Crippen molar-refractivity contribution in [3.05, 3.63) is 0 Å². The highest BCUT2D eigenvalue weighted by atomic mass is 16.5. The third-order valence-corrected chi connectivity index (χ3v) is 3.22. The van der Waals surface area contributed by atoms with Crippen molar-refractivity contribution in [2.45, 2.75) is 24.9 Å². The van der Waals surface area contributed by atoms with Crippen molar-refractivity contribution >= 4 is 12.0 Å². The van der Waals surface area contributed by atoms with Crippen molar-refractivity contribution in [1.82, 2.24) is 15.5 Å². The van der Waals surface area contributed by atoms with E-state index in [9.17, 15) is 9.59 Å². The fraction of sp³-hybridized carbons (Fsp3) is 0.818. The summed E-state index contributed by atoms with van der Waals surface area (Å²) in [7, 11) is 3.82. The largest absolute Gasteiger partial charge is 0.479 e. The Labute approximate surface area is 106 Å². The van der Waals surface area contributed by atoms with Gasteiger partial charge in [-0.15, -0.1) is 0 Å². The lowest BCUT2D eigenvalue weighted by Gasteiger charge is -2.25. The van der Waals surface area contributed by atoms with Gasteiger partial charge in [0.2, 0.25) is 0 Å². The zero-order valence-electron chi connectivity index (χ0n) is 11.0. The number of carbonyl (C=O) groups is 2. The lowest BCUT2D eigenvalue weighted by molar-refractivity contribution is -0.144. The Bertz CT molecular complexity index is 313. The molecule has 0 aromatic heterocycles. The molecule has 2 amide bonds. The number of amides is 2. The van der Waals surface area contributed by atoms with Gasteiger partial charge in [0, 0.05) is 25.6 Å². The van der Waals surface area contributed by atoms with Gasteiger partial charge in [0.05, 0.1) is 6.61 Å². The van der Waals surface area contributed by atoms with Crippen molar-refractivity contribution in [2.75, 3.05) is 33.9 Å². The molecule has 1 aliphatic rings. The standard InChI is InChI=1S/C11H21N3O4/c1-8(14(2)3)6-12-10(17)13-11(9(15)16)4-5-18-7-11/h8H,4-7H2,1-3H3,(H,15,16)(H2,12,13,17). The van der Waals surface area contributed by atoms with Gasteiger partial charge in [-0.05, 0) is 21.0 Å². The van der Waals surface area contributed by atoms with E-state index >= 15 is 0 Å². The maximum atomic E-state index is 11.7. The average Bonchev–Trinajstić information content (AvgIpc) is 2.75. The van der Waals surface area contributed by atoms with Crippen LogP contribution in [0, 0.1) is 0 Å². The predicted molar refractivity (Wildman–Crippen MR) is 65.5 cm³/mol. The minimum atomic E-state index is -1.29. The molecule has 2 unspecified atom stereocenters. The first-order valence-electron chi connectivity index (χ1n) is 5.91. The second-order valence-corrected chi connectivity index (χ2v) is 4.84. The Morgan fingerprint density at radius 1 is 1.50 bits per heavy atom. The Morgan fingerprint density at radius 3 is 2.61 bits per heavy atom. The third-order valence-electron chi connectivity index (χ3n) is 3.22. The van der Waals surface area contributed by atoms with Gasteiger partial charge in [0.15, 0.2) is 5.54 Å². The number of carboxylic acid groups (broad SMARTS) is 1. The van der Waals surface area contributed by atoms with E-state index in [1.54, 1.807) is 0 Å². The monoisotopic (exact) mass is 259 g/mol. The summed E-state index contributed by atoms with van der Waals surface area (Å²) < 4.78 is 5.05. The molecule has 0 saturated carbocycles. The van der Waals surface area contributed by atoms with E-state index in [0.29, 0.717) is 19.6 Å². The van der Waals surface area contributed by atoms with Gasteiger partial charge in [-0.25, -0.2) is 9.59 Å². The molecule has 7 nitrogen and oxygen atoms in total. The summed E-state index contributed by atoms with van der Waals surface area (Å²) in [4.78, 5) is 24.8. The zero-order chi connectivity index (χ0) is 13.8. The second-order valence-electron chi connectivity index (χ2n) is 4.84. The molecule has 3 N–H and O–H groups in total. The lowest BCUT2D eigenvalue weighted by atomic mass is 9.99. The smallest absolute Gasteiger partial charge is 0.332 e. The van der Waals surface area contributed by atoms with Crippen LogP contribution in [0.25, 0.3) is 0 Å². The van der Waals surface area contributed by atoms with E-state index in [-0.39, 0.29) is 12.6 Å². The number of nitrogens with zero attached hydrogens (tertiary/aromatic N) is 1. The number of carbonyl (C=O) groups excluding carboxylic acids is 1. The lowest BCUT2D eigenvalue weighted by Crippen LogP contribution is -2.58. The van der Waals surface area contributed by atoms with Gasteiger partial charge < -0.3 is 25.4 Å². The average molecular weight is 259 g/mol. The molecule has 1 saturated heterocycles. The van der Waals surface area contributed by atoms with Crippen molar-refractivity contribution in [3.8, 4) is 0 Å². The van der Waals surface area contributed by atoms with Crippen molar-refractivity contribution in [2.24, 2.45) is 0 Å². The molecule has 0 bridgehead atoms. The molecule has 104 valence electrons. The summed E-state index contributed by atoms with van der Waals surface area (Å²) in [6, 6.07) is -0.298. The summed E-state index contributed by atoms with van der Waals surface area (Å²) in [6.07, 6.45) is 0.291. The molecular weight excluding hydrogens is 238 g/mol. The number of carboxylic acids is 1. The highest BCUT2D eigenvalue weighted by molar-refractivity contribution is 5.86. The predicted octanol–water partition coefficient (Wildman–Crippen LogP) is -0.521. The molecular formula is C11H21N3O4. The summed E-state index contributed by atoms with van der Waals surface area (Å²) >= 11 is 0. The molecule has 0 spiro atoms. The molecule has 1 aliphatic heterocycles. The molecule has 1 heterocycles. The van der Waals surface area contributed by atoms with E-state index in [1.165, 1.54) is 0 Å². The summed E-state index contributed by atoms with van der Waals surface area (Å²) in [5.41, 5.74) is -1.29. The number of urea groups is 1. The Morgan fingerprint density at radius 2 is 2.17 bits per heavy atom. The fourth-order valence-corrected chi connectivity index (χ4v) is 1.57. The van der Waals surface area contributed by atoms with Gasteiger partial charge in [0.1, 0.15) is 0 Å². The molecule has 7 heteroatoms. The summed E-state index contributed by atoms with van der Waals surface area (Å²) in [6.45, 7) is 2.78. The van der Waals surface area contributed by atoms with Crippen LogP contribution in [0.3, 0.4) is 0 Å². The van der Waals surface area contributed by atoms with Crippen LogP contribution in [0.15, 0.2) is 0 Å². The molecule has 18 heavy (non-hydrogen) atoms. The number of likely N-dealkylation sites (N-methyl/N-ethyl adjacent to an activating group) is 1. The number of hydrogen-bond donors (Lipinski definition) is 3. The molecule has 0 radical (unpaired) electrons. The number of ether oxygens (including phenoxy) is 1. The third kappa shape index (κ3) is 3.58. The minimum absolute atomic E-state index is 0.0129. The Balaban J connectivity index is 2.46. The Hall–Kier alpha value is -1.34. The number of rotatable bonds is 5. The van der Waals surface area contributed by atoms with Crippen LogP contribution in [0.2, 0.25) is 0 Å². The van der Waals surface area contributed by atoms with Crippen LogP contribution in [-0.4, -0.2) is 67.4 Å². The van der Waals surface area contributed by atoms with Gasteiger partial charge in [-0.1, -0.05) is 0 Å². The van der Waals surface area contributed by atoms with Crippen LogP contribution in [0.4, 0.5) is 4.79 Å². The molecule has 0 aliphatic carbocycles. The van der Waals surface area contributed by atoms with Crippen LogP contribution in [0.1, 0.15) is 13.3 Å².